The van der Waals surface area contributed by atoms with Crippen molar-refractivity contribution in [3.63, 3.8) is 0 Å². The molecule has 0 aromatic rings. The van der Waals surface area contributed by atoms with Crippen molar-refractivity contribution in [3.05, 3.63) is 0 Å². The van der Waals surface area contributed by atoms with Gasteiger partial charge >= 0.3 is 0 Å². The molecular weight excluding hydrogens is 464 g/mol. The van der Waals surface area contributed by atoms with Gasteiger partial charge in [0.05, 0.1) is 13.2 Å². The maximum atomic E-state index is 6.42. The summed E-state index contributed by atoms with van der Waals surface area (Å²) in [4.78, 5) is 0. The predicted octanol–water partition coefficient (Wildman–Crippen LogP) is 1.80. The highest BCUT2D eigenvalue weighted by Crippen LogP contribution is 2.46. The summed E-state index contributed by atoms with van der Waals surface area (Å²) in [5.41, 5.74) is 0. The summed E-state index contributed by atoms with van der Waals surface area (Å²) in [6.45, 7) is 15.8. The van der Waals surface area contributed by atoms with Gasteiger partial charge in [-0.25, -0.2) is 0 Å². The Balaban J connectivity index is 1.20. The molecule has 10 atom stereocenters. The second-order valence-electron chi connectivity index (χ2n) is 11.9. The number of hydrogen-bond donors (Lipinski definition) is 0. The molecule has 0 amide bonds. The van der Waals surface area contributed by atoms with Crippen molar-refractivity contribution in [2.24, 2.45) is 0 Å². The Morgan fingerprint density at radius 2 is 0.829 bits per heavy atom. The van der Waals surface area contributed by atoms with E-state index in [-0.39, 0.29) is 24.4 Å². The smallest absolute Gasteiger partial charge is 0.190 e. The third-order valence-electron chi connectivity index (χ3n) is 7.16. The molecule has 0 unspecified atom stereocenters. The maximum absolute atomic E-state index is 6.42. The molecule has 200 valence electrons. The highest BCUT2D eigenvalue weighted by atomic mass is 16.9. The largest absolute Gasteiger partial charge is 0.348 e. The van der Waals surface area contributed by atoms with E-state index in [2.05, 4.69) is 0 Å². The van der Waals surface area contributed by atoms with E-state index in [0.29, 0.717) is 13.2 Å². The van der Waals surface area contributed by atoms with E-state index < -0.39 is 60.1 Å². The third kappa shape index (κ3) is 4.57. The standard InChI is InChI=1S/C24H38O11/c1-21(2)25-9-11(30-21)13-15-17(34-23(5,6)32-15)19(27-13)29-20-18-16(33-24(7,8)35-18)14(28-20)12-10-26-22(3,4)31-12/h11-20H,9-10H2,1-8H3/t11-,12-,13-,14-,15+,16+,17+,18+,19-,20-/m1/s1. The molecule has 0 radical (unpaired) electrons. The van der Waals surface area contributed by atoms with Crippen LogP contribution in [-0.2, 0) is 52.1 Å². The van der Waals surface area contributed by atoms with Gasteiger partial charge in [0, 0.05) is 0 Å². The van der Waals surface area contributed by atoms with Crippen molar-refractivity contribution in [2.75, 3.05) is 13.2 Å². The van der Waals surface area contributed by atoms with Crippen molar-refractivity contribution in [1.29, 1.82) is 0 Å². The van der Waals surface area contributed by atoms with E-state index in [0.717, 1.165) is 0 Å². The third-order valence-corrected chi connectivity index (χ3v) is 7.16. The summed E-state index contributed by atoms with van der Waals surface area (Å²) < 4.78 is 67.7. The number of ether oxygens (including phenoxy) is 11. The lowest BCUT2D eigenvalue weighted by Gasteiger charge is -2.29. The highest BCUT2D eigenvalue weighted by molar-refractivity contribution is 5.03. The van der Waals surface area contributed by atoms with Crippen molar-refractivity contribution in [3.8, 4) is 0 Å². The first-order valence-corrected chi connectivity index (χ1v) is 12.5. The van der Waals surface area contributed by atoms with Gasteiger partial charge in [-0.1, -0.05) is 0 Å². The lowest BCUT2D eigenvalue weighted by atomic mass is 10.1. The van der Waals surface area contributed by atoms with Gasteiger partial charge in [0.15, 0.2) is 35.7 Å². The lowest BCUT2D eigenvalue weighted by molar-refractivity contribution is -0.310. The van der Waals surface area contributed by atoms with Gasteiger partial charge in [-0.3, -0.25) is 0 Å². The number of hydrogen-bond acceptors (Lipinski definition) is 11. The Morgan fingerprint density at radius 3 is 1.17 bits per heavy atom. The van der Waals surface area contributed by atoms with Crippen LogP contribution in [0.4, 0.5) is 0 Å². The van der Waals surface area contributed by atoms with E-state index in [1.54, 1.807) is 0 Å². The molecule has 6 aliphatic heterocycles. The number of rotatable bonds is 4. The molecule has 0 spiro atoms. The summed E-state index contributed by atoms with van der Waals surface area (Å²) >= 11 is 0. The molecule has 6 heterocycles. The minimum absolute atomic E-state index is 0.315. The summed E-state index contributed by atoms with van der Waals surface area (Å²) in [5.74, 6) is -2.95. The molecule has 6 fully saturated rings. The second kappa shape index (κ2) is 8.03. The van der Waals surface area contributed by atoms with Crippen LogP contribution in [0.5, 0.6) is 0 Å². The molecular formula is C24H38O11. The molecule has 0 N–H and O–H groups in total. The van der Waals surface area contributed by atoms with Crippen LogP contribution in [0.2, 0.25) is 0 Å². The highest BCUT2D eigenvalue weighted by Gasteiger charge is 2.64. The predicted molar refractivity (Wildman–Crippen MR) is 116 cm³/mol. The molecule has 11 nitrogen and oxygen atoms in total. The zero-order valence-corrected chi connectivity index (χ0v) is 21.7. The normalized spacial score (nSPS) is 51.1. The van der Waals surface area contributed by atoms with Crippen LogP contribution in [0.1, 0.15) is 55.4 Å². The van der Waals surface area contributed by atoms with E-state index >= 15 is 0 Å². The molecule has 6 aliphatic rings. The van der Waals surface area contributed by atoms with Crippen molar-refractivity contribution in [1.82, 2.24) is 0 Å². The van der Waals surface area contributed by atoms with E-state index in [9.17, 15) is 0 Å². The minimum atomic E-state index is -0.787. The summed E-state index contributed by atoms with van der Waals surface area (Å²) in [6, 6.07) is 0. The first kappa shape index (κ1) is 24.9. The first-order chi connectivity index (χ1) is 16.2. The Kier molecular flexibility index (Phi) is 5.71. The van der Waals surface area contributed by atoms with Crippen molar-refractivity contribution < 1.29 is 52.1 Å². The quantitative estimate of drug-likeness (QED) is 0.562. The Labute approximate surface area is 205 Å². The van der Waals surface area contributed by atoms with Crippen LogP contribution in [0.25, 0.3) is 0 Å². The minimum Gasteiger partial charge on any atom is -0.348 e. The second-order valence-corrected chi connectivity index (χ2v) is 11.9. The molecule has 0 aromatic carbocycles. The molecule has 0 saturated carbocycles. The average molecular weight is 503 g/mol. The molecule has 35 heavy (non-hydrogen) atoms. The van der Waals surface area contributed by atoms with Gasteiger partial charge < -0.3 is 52.1 Å². The monoisotopic (exact) mass is 502 g/mol. The molecule has 6 saturated heterocycles. The molecule has 0 bridgehead atoms. The van der Waals surface area contributed by atoms with Gasteiger partial charge in [0.1, 0.15) is 48.8 Å². The zero-order valence-electron chi connectivity index (χ0n) is 21.7. The Morgan fingerprint density at radius 1 is 0.457 bits per heavy atom. The molecule has 0 aliphatic carbocycles. The van der Waals surface area contributed by atoms with Crippen LogP contribution in [0.3, 0.4) is 0 Å². The Bertz CT molecular complexity index is 762. The fourth-order valence-electron chi connectivity index (χ4n) is 5.89. The van der Waals surface area contributed by atoms with Crippen molar-refractivity contribution in [2.45, 2.75) is 140 Å². The van der Waals surface area contributed by atoms with Crippen LogP contribution in [-0.4, -0.2) is 97.8 Å². The SMILES string of the molecule is CC1(C)O[C@@H]2[C@H](O1)[C@@H](O[C@H]1O[C@H]([C@H]3COC(C)(C)O3)[C@@H]3OC(C)(C)O[C@H]13)O[C@@H]2[C@H]1COC(C)(C)O1. The molecule has 11 heteroatoms. The van der Waals surface area contributed by atoms with E-state index in [1.165, 1.54) is 0 Å². The zero-order chi connectivity index (χ0) is 25.0. The lowest BCUT2D eigenvalue weighted by Crippen LogP contribution is -2.40. The van der Waals surface area contributed by atoms with Crippen LogP contribution in [0.15, 0.2) is 0 Å². The van der Waals surface area contributed by atoms with Gasteiger partial charge in [-0.05, 0) is 55.4 Å². The maximum Gasteiger partial charge on any atom is 0.190 e. The van der Waals surface area contributed by atoms with Gasteiger partial charge in [0.25, 0.3) is 0 Å². The van der Waals surface area contributed by atoms with Crippen LogP contribution >= 0.6 is 0 Å². The fourth-order valence-corrected chi connectivity index (χ4v) is 5.89. The fraction of sp³-hybridized carbons (Fsp3) is 1.00. The molecule has 0 aromatic heterocycles. The number of fused-ring (bicyclic) bond motifs is 2. The van der Waals surface area contributed by atoms with E-state index in [4.69, 9.17) is 52.1 Å². The first-order valence-electron chi connectivity index (χ1n) is 12.5. The van der Waals surface area contributed by atoms with Crippen LogP contribution < -0.4 is 0 Å². The Hall–Kier alpha value is -0.440. The molecule has 6 rings (SSSR count). The summed E-state index contributed by atoms with van der Waals surface area (Å²) in [6.07, 6.45) is -4.69. The summed E-state index contributed by atoms with van der Waals surface area (Å²) in [7, 11) is 0. The van der Waals surface area contributed by atoms with Gasteiger partial charge in [-0.2, -0.15) is 0 Å². The topological polar surface area (TPSA) is 102 Å². The van der Waals surface area contributed by atoms with Gasteiger partial charge in [-0.15, -0.1) is 0 Å². The van der Waals surface area contributed by atoms with Crippen molar-refractivity contribution >= 4 is 0 Å². The summed E-state index contributed by atoms with van der Waals surface area (Å²) in [5, 5.41) is 0. The van der Waals surface area contributed by atoms with E-state index in [1.807, 2.05) is 55.4 Å². The average Bonchev–Trinajstić information content (AvgIpc) is 3.51. The van der Waals surface area contributed by atoms with Crippen LogP contribution in [0, 0.1) is 0 Å². The van der Waals surface area contributed by atoms with Gasteiger partial charge in [0.2, 0.25) is 0 Å².